The SMILES string of the molecule is CCN1CCN(C(=O)c2cnc(N3CCN(c4c(C)cccc4C)CC3)nc2OC)CC1. The van der Waals surface area contributed by atoms with E-state index in [-0.39, 0.29) is 5.91 Å². The molecule has 0 spiro atoms. The van der Waals surface area contributed by atoms with Crippen LogP contribution in [0.4, 0.5) is 11.6 Å². The van der Waals surface area contributed by atoms with Crippen molar-refractivity contribution in [1.82, 2.24) is 19.8 Å². The van der Waals surface area contributed by atoms with E-state index in [1.165, 1.54) is 16.8 Å². The number of nitrogens with zero attached hydrogens (tertiary/aromatic N) is 6. The number of rotatable bonds is 5. The molecule has 8 nitrogen and oxygen atoms in total. The van der Waals surface area contributed by atoms with Crippen LogP contribution in [0, 0.1) is 13.8 Å². The monoisotopic (exact) mass is 438 g/mol. The molecule has 1 aromatic heterocycles. The van der Waals surface area contributed by atoms with Crippen molar-refractivity contribution in [2.24, 2.45) is 0 Å². The lowest BCUT2D eigenvalue weighted by atomic mass is 10.1. The second-order valence-electron chi connectivity index (χ2n) is 8.53. The van der Waals surface area contributed by atoms with Gasteiger partial charge >= 0.3 is 0 Å². The largest absolute Gasteiger partial charge is 0.480 e. The third kappa shape index (κ3) is 4.50. The van der Waals surface area contributed by atoms with Gasteiger partial charge in [0.05, 0.1) is 7.11 Å². The van der Waals surface area contributed by atoms with Gasteiger partial charge in [-0.25, -0.2) is 4.98 Å². The van der Waals surface area contributed by atoms with E-state index in [4.69, 9.17) is 4.74 Å². The van der Waals surface area contributed by atoms with Crippen LogP contribution in [0.25, 0.3) is 0 Å². The zero-order chi connectivity index (χ0) is 22.7. The molecule has 0 aliphatic carbocycles. The number of benzene rings is 1. The van der Waals surface area contributed by atoms with E-state index in [2.05, 4.69) is 63.6 Å². The third-order valence-electron chi connectivity index (χ3n) is 6.59. The molecule has 2 aliphatic heterocycles. The Balaban J connectivity index is 1.44. The molecule has 1 aromatic carbocycles. The van der Waals surface area contributed by atoms with Gasteiger partial charge in [0.25, 0.3) is 5.91 Å². The number of carbonyl (C=O) groups excluding carboxylic acids is 1. The number of anilines is 2. The first-order chi connectivity index (χ1) is 15.5. The molecule has 0 unspecified atom stereocenters. The zero-order valence-electron chi connectivity index (χ0n) is 19.7. The van der Waals surface area contributed by atoms with E-state index < -0.39 is 0 Å². The topological polar surface area (TPSA) is 65.0 Å². The van der Waals surface area contributed by atoms with Crippen LogP contribution >= 0.6 is 0 Å². The number of likely N-dealkylation sites (N-methyl/N-ethyl adjacent to an activating group) is 1. The highest BCUT2D eigenvalue weighted by atomic mass is 16.5. The van der Waals surface area contributed by atoms with Gasteiger partial charge in [0.15, 0.2) is 0 Å². The van der Waals surface area contributed by atoms with Crippen molar-refractivity contribution >= 4 is 17.5 Å². The molecule has 0 N–H and O–H groups in total. The molecular formula is C24H34N6O2. The van der Waals surface area contributed by atoms with Gasteiger partial charge in [-0.3, -0.25) is 4.79 Å². The summed E-state index contributed by atoms with van der Waals surface area (Å²) in [6, 6.07) is 6.44. The van der Waals surface area contributed by atoms with Crippen molar-refractivity contribution in [3.05, 3.63) is 41.1 Å². The lowest BCUT2D eigenvalue weighted by Gasteiger charge is -2.37. The Morgan fingerprint density at radius 2 is 1.59 bits per heavy atom. The van der Waals surface area contributed by atoms with Gasteiger partial charge in [-0.1, -0.05) is 25.1 Å². The van der Waals surface area contributed by atoms with Gasteiger partial charge < -0.3 is 24.3 Å². The molecular weight excluding hydrogens is 404 g/mol. The van der Waals surface area contributed by atoms with Gasteiger partial charge in [0.1, 0.15) is 5.56 Å². The molecule has 8 heteroatoms. The second-order valence-corrected chi connectivity index (χ2v) is 8.53. The maximum Gasteiger partial charge on any atom is 0.261 e. The minimum atomic E-state index is -0.0519. The Bertz CT molecular complexity index is 929. The number of aromatic nitrogens is 2. The van der Waals surface area contributed by atoms with Gasteiger partial charge in [0.2, 0.25) is 11.8 Å². The van der Waals surface area contributed by atoms with E-state index >= 15 is 0 Å². The number of methoxy groups -OCH3 is 1. The molecule has 0 saturated carbocycles. The lowest BCUT2D eigenvalue weighted by Crippen LogP contribution is -2.48. The quantitative estimate of drug-likeness (QED) is 0.709. The fraction of sp³-hybridized carbons (Fsp3) is 0.542. The summed E-state index contributed by atoms with van der Waals surface area (Å²) in [5, 5.41) is 0. The summed E-state index contributed by atoms with van der Waals surface area (Å²) in [5.74, 6) is 0.925. The molecule has 32 heavy (non-hydrogen) atoms. The van der Waals surface area contributed by atoms with Crippen LogP contribution in [0.3, 0.4) is 0 Å². The van der Waals surface area contributed by atoms with Crippen molar-refractivity contribution in [2.45, 2.75) is 20.8 Å². The summed E-state index contributed by atoms with van der Waals surface area (Å²) in [7, 11) is 1.57. The summed E-state index contributed by atoms with van der Waals surface area (Å²) >= 11 is 0. The van der Waals surface area contributed by atoms with E-state index in [9.17, 15) is 4.79 Å². The summed E-state index contributed by atoms with van der Waals surface area (Å²) in [6.45, 7) is 14.2. The Kier molecular flexibility index (Phi) is 6.79. The molecule has 2 aromatic rings. The van der Waals surface area contributed by atoms with Gasteiger partial charge in [-0.2, -0.15) is 4.98 Å². The predicted octanol–water partition coefficient (Wildman–Crippen LogP) is 2.21. The van der Waals surface area contributed by atoms with Gasteiger partial charge in [-0.15, -0.1) is 0 Å². The number of hydrogen-bond donors (Lipinski definition) is 0. The van der Waals surface area contributed by atoms with E-state index in [0.717, 1.165) is 58.9 Å². The normalized spacial score (nSPS) is 17.6. The number of para-hydroxylation sites is 1. The van der Waals surface area contributed by atoms with Crippen molar-refractivity contribution in [3.8, 4) is 5.88 Å². The first kappa shape index (κ1) is 22.3. The van der Waals surface area contributed by atoms with E-state index in [1.54, 1.807) is 13.3 Å². The number of amides is 1. The molecule has 172 valence electrons. The Morgan fingerprint density at radius 1 is 0.969 bits per heavy atom. The average molecular weight is 439 g/mol. The molecule has 3 heterocycles. The molecule has 2 fully saturated rings. The van der Waals surface area contributed by atoms with Crippen molar-refractivity contribution in [1.29, 1.82) is 0 Å². The van der Waals surface area contributed by atoms with E-state index in [1.807, 2.05) is 4.90 Å². The summed E-state index contributed by atoms with van der Waals surface area (Å²) in [6.07, 6.45) is 1.63. The number of carbonyl (C=O) groups is 1. The lowest BCUT2D eigenvalue weighted by molar-refractivity contribution is 0.0639. The van der Waals surface area contributed by atoms with Crippen LogP contribution in [0.5, 0.6) is 5.88 Å². The van der Waals surface area contributed by atoms with Crippen LogP contribution in [-0.4, -0.2) is 91.7 Å². The smallest absolute Gasteiger partial charge is 0.261 e. The minimum Gasteiger partial charge on any atom is -0.480 e. The maximum atomic E-state index is 13.1. The molecule has 2 aliphatic rings. The van der Waals surface area contributed by atoms with Crippen LogP contribution in [-0.2, 0) is 0 Å². The number of piperazine rings is 2. The van der Waals surface area contributed by atoms with Crippen LogP contribution in [0.15, 0.2) is 24.4 Å². The highest BCUT2D eigenvalue weighted by Crippen LogP contribution is 2.27. The first-order valence-electron chi connectivity index (χ1n) is 11.5. The Morgan fingerprint density at radius 3 is 2.19 bits per heavy atom. The van der Waals surface area contributed by atoms with Gasteiger partial charge in [0, 0.05) is 64.2 Å². The van der Waals surface area contributed by atoms with Crippen molar-refractivity contribution in [2.75, 3.05) is 75.8 Å². The first-order valence-corrected chi connectivity index (χ1v) is 11.5. The maximum absolute atomic E-state index is 13.1. The number of hydrogen-bond acceptors (Lipinski definition) is 7. The van der Waals surface area contributed by atoms with Crippen LogP contribution in [0.1, 0.15) is 28.4 Å². The highest BCUT2D eigenvalue weighted by Gasteiger charge is 2.27. The molecule has 2 saturated heterocycles. The molecule has 0 bridgehead atoms. The van der Waals surface area contributed by atoms with Crippen molar-refractivity contribution < 1.29 is 9.53 Å². The van der Waals surface area contributed by atoms with Crippen LogP contribution in [0.2, 0.25) is 0 Å². The van der Waals surface area contributed by atoms with Crippen LogP contribution < -0.4 is 14.5 Å². The third-order valence-corrected chi connectivity index (χ3v) is 6.59. The van der Waals surface area contributed by atoms with E-state index in [0.29, 0.717) is 17.4 Å². The summed E-state index contributed by atoms with van der Waals surface area (Å²) in [5.41, 5.74) is 4.38. The zero-order valence-corrected chi connectivity index (χ0v) is 19.7. The highest BCUT2D eigenvalue weighted by molar-refractivity contribution is 5.96. The minimum absolute atomic E-state index is 0.0519. The molecule has 4 rings (SSSR count). The molecule has 0 radical (unpaired) electrons. The number of aryl methyl sites for hydroxylation is 2. The summed E-state index contributed by atoms with van der Waals surface area (Å²) in [4.78, 5) is 31.0. The second kappa shape index (κ2) is 9.73. The molecule has 0 atom stereocenters. The summed E-state index contributed by atoms with van der Waals surface area (Å²) < 4.78 is 5.51. The Hall–Kier alpha value is -2.87. The average Bonchev–Trinajstić information content (AvgIpc) is 2.83. The van der Waals surface area contributed by atoms with Crippen molar-refractivity contribution in [3.63, 3.8) is 0 Å². The fourth-order valence-corrected chi connectivity index (χ4v) is 4.68. The predicted molar refractivity (Wildman–Crippen MR) is 127 cm³/mol. The molecule has 1 amide bonds. The number of ether oxygens (including phenoxy) is 1. The fourth-order valence-electron chi connectivity index (χ4n) is 4.68. The standard InChI is InChI=1S/C24H34N6O2/c1-5-27-9-11-29(12-10-27)23(31)20-17-25-24(26-22(20)32-4)30-15-13-28(14-16-30)21-18(2)7-6-8-19(21)3/h6-8,17H,5,9-16H2,1-4H3. The Labute approximate surface area is 190 Å². The van der Waals surface area contributed by atoms with Gasteiger partial charge in [-0.05, 0) is 31.5 Å².